The van der Waals surface area contributed by atoms with Crippen molar-refractivity contribution < 1.29 is 9.90 Å². The molecule has 0 spiro atoms. The van der Waals surface area contributed by atoms with Crippen LogP contribution in [0.5, 0.6) is 0 Å². The molecule has 1 aromatic carbocycles. The molecule has 0 saturated heterocycles. The molecule has 1 aliphatic rings. The van der Waals surface area contributed by atoms with Gasteiger partial charge in [-0.05, 0) is 45.1 Å². The highest BCUT2D eigenvalue weighted by Crippen LogP contribution is 2.28. The zero-order chi connectivity index (χ0) is 15.5. The van der Waals surface area contributed by atoms with Crippen LogP contribution < -0.4 is 5.32 Å². The second-order valence-electron chi connectivity index (χ2n) is 6.81. The molecule has 1 unspecified atom stereocenters. The Morgan fingerprint density at radius 1 is 1.29 bits per heavy atom. The fourth-order valence-corrected chi connectivity index (χ4v) is 3.03. The second kappa shape index (κ2) is 6.61. The molecule has 2 N–H and O–H groups in total. The summed E-state index contributed by atoms with van der Waals surface area (Å²) in [4.78, 5) is 12.4. The SMILES string of the molecule is Cc1ccc(C(C)(C)C(=O)NCC(O)C2CCCC2)cc1. The highest BCUT2D eigenvalue weighted by molar-refractivity contribution is 5.87. The van der Waals surface area contributed by atoms with Crippen LogP contribution in [0, 0.1) is 12.8 Å². The Hall–Kier alpha value is -1.35. The van der Waals surface area contributed by atoms with E-state index in [0.717, 1.165) is 18.4 Å². The van der Waals surface area contributed by atoms with Crippen LogP contribution in [0.25, 0.3) is 0 Å². The topological polar surface area (TPSA) is 49.3 Å². The van der Waals surface area contributed by atoms with Crippen LogP contribution >= 0.6 is 0 Å². The number of carbonyl (C=O) groups is 1. The molecular formula is C18H27NO2. The number of hydrogen-bond donors (Lipinski definition) is 2. The van der Waals surface area contributed by atoms with Crippen LogP contribution in [-0.4, -0.2) is 23.7 Å². The Labute approximate surface area is 127 Å². The number of nitrogens with one attached hydrogen (secondary N) is 1. The minimum atomic E-state index is -0.580. The monoisotopic (exact) mass is 289 g/mol. The molecule has 1 saturated carbocycles. The van der Waals surface area contributed by atoms with E-state index in [0.29, 0.717) is 12.5 Å². The Morgan fingerprint density at radius 3 is 2.43 bits per heavy atom. The van der Waals surface area contributed by atoms with Gasteiger partial charge in [0.15, 0.2) is 0 Å². The first-order chi connectivity index (χ1) is 9.91. The number of rotatable bonds is 5. The molecule has 0 aromatic heterocycles. The molecule has 1 fully saturated rings. The Balaban J connectivity index is 1.93. The van der Waals surface area contributed by atoms with Crippen molar-refractivity contribution in [3.63, 3.8) is 0 Å². The second-order valence-corrected chi connectivity index (χ2v) is 6.81. The van der Waals surface area contributed by atoms with Crippen LogP contribution in [0.4, 0.5) is 0 Å². The lowest BCUT2D eigenvalue weighted by Crippen LogP contribution is -2.44. The third kappa shape index (κ3) is 3.85. The molecule has 0 heterocycles. The van der Waals surface area contributed by atoms with Gasteiger partial charge in [-0.1, -0.05) is 42.7 Å². The molecule has 0 bridgehead atoms. The third-order valence-electron chi connectivity index (χ3n) is 4.76. The number of aliphatic hydroxyl groups is 1. The van der Waals surface area contributed by atoms with Gasteiger partial charge in [-0.2, -0.15) is 0 Å². The van der Waals surface area contributed by atoms with Gasteiger partial charge in [0.2, 0.25) is 5.91 Å². The molecule has 1 aliphatic carbocycles. The molecule has 2 rings (SSSR count). The quantitative estimate of drug-likeness (QED) is 0.875. The van der Waals surface area contributed by atoms with E-state index in [1.807, 2.05) is 45.0 Å². The van der Waals surface area contributed by atoms with E-state index in [9.17, 15) is 9.90 Å². The Morgan fingerprint density at radius 2 is 1.86 bits per heavy atom. The summed E-state index contributed by atoms with van der Waals surface area (Å²) in [6.07, 6.45) is 4.15. The molecule has 0 aliphatic heterocycles. The fourth-order valence-electron chi connectivity index (χ4n) is 3.03. The zero-order valence-electron chi connectivity index (χ0n) is 13.4. The van der Waals surface area contributed by atoms with Crippen molar-refractivity contribution >= 4 is 5.91 Å². The smallest absolute Gasteiger partial charge is 0.230 e. The van der Waals surface area contributed by atoms with E-state index in [4.69, 9.17) is 0 Å². The maximum absolute atomic E-state index is 12.4. The van der Waals surface area contributed by atoms with Crippen molar-refractivity contribution in [1.29, 1.82) is 0 Å². The summed E-state index contributed by atoms with van der Waals surface area (Å²) in [6, 6.07) is 8.06. The van der Waals surface area contributed by atoms with Crippen LogP contribution in [0.2, 0.25) is 0 Å². The largest absolute Gasteiger partial charge is 0.391 e. The summed E-state index contributed by atoms with van der Waals surface area (Å²) in [7, 11) is 0. The van der Waals surface area contributed by atoms with Gasteiger partial charge in [-0.3, -0.25) is 4.79 Å². The zero-order valence-corrected chi connectivity index (χ0v) is 13.4. The number of hydrogen-bond acceptors (Lipinski definition) is 2. The van der Waals surface area contributed by atoms with Crippen LogP contribution in [0.15, 0.2) is 24.3 Å². The van der Waals surface area contributed by atoms with Crippen molar-refractivity contribution in [1.82, 2.24) is 5.32 Å². The lowest BCUT2D eigenvalue weighted by molar-refractivity contribution is -0.126. The van der Waals surface area contributed by atoms with Gasteiger partial charge < -0.3 is 10.4 Å². The van der Waals surface area contributed by atoms with E-state index >= 15 is 0 Å². The maximum atomic E-state index is 12.4. The predicted molar refractivity (Wildman–Crippen MR) is 85.2 cm³/mol. The van der Waals surface area contributed by atoms with Crippen molar-refractivity contribution in [2.24, 2.45) is 5.92 Å². The van der Waals surface area contributed by atoms with Gasteiger partial charge in [0.25, 0.3) is 0 Å². The highest BCUT2D eigenvalue weighted by Gasteiger charge is 2.31. The van der Waals surface area contributed by atoms with Crippen LogP contribution in [0.1, 0.15) is 50.7 Å². The Bertz CT molecular complexity index is 472. The minimum absolute atomic E-state index is 0.0246. The number of aryl methyl sites for hydroxylation is 1. The van der Waals surface area contributed by atoms with E-state index in [1.165, 1.54) is 18.4 Å². The molecule has 21 heavy (non-hydrogen) atoms. The van der Waals surface area contributed by atoms with E-state index in [1.54, 1.807) is 0 Å². The molecule has 1 atom stereocenters. The van der Waals surface area contributed by atoms with E-state index < -0.39 is 11.5 Å². The number of amides is 1. The van der Waals surface area contributed by atoms with Gasteiger partial charge in [0.1, 0.15) is 0 Å². The average molecular weight is 289 g/mol. The first-order valence-corrected chi connectivity index (χ1v) is 7.95. The van der Waals surface area contributed by atoms with Gasteiger partial charge in [0.05, 0.1) is 11.5 Å². The molecule has 1 amide bonds. The normalized spacial score (nSPS) is 17.7. The standard InChI is InChI=1S/C18H27NO2/c1-13-8-10-15(11-9-13)18(2,3)17(21)19-12-16(20)14-6-4-5-7-14/h8-11,14,16,20H,4-7,12H2,1-3H3,(H,19,21). The Kier molecular flexibility index (Phi) is 5.04. The first-order valence-electron chi connectivity index (χ1n) is 7.95. The summed E-state index contributed by atoms with van der Waals surface area (Å²) in [6.45, 7) is 6.25. The summed E-state index contributed by atoms with van der Waals surface area (Å²) in [5.41, 5.74) is 1.61. The van der Waals surface area contributed by atoms with Gasteiger partial charge in [0, 0.05) is 6.54 Å². The van der Waals surface area contributed by atoms with Crippen molar-refractivity contribution in [2.45, 2.75) is 58.0 Å². The van der Waals surface area contributed by atoms with Crippen molar-refractivity contribution in [3.8, 4) is 0 Å². The summed E-state index contributed by atoms with van der Waals surface area (Å²) >= 11 is 0. The summed E-state index contributed by atoms with van der Waals surface area (Å²) in [5.74, 6) is 0.330. The lowest BCUT2D eigenvalue weighted by atomic mass is 9.83. The molecule has 3 heteroatoms. The van der Waals surface area contributed by atoms with Crippen LogP contribution in [0.3, 0.4) is 0 Å². The molecular weight excluding hydrogens is 262 g/mol. The highest BCUT2D eigenvalue weighted by atomic mass is 16.3. The van der Waals surface area contributed by atoms with Crippen molar-refractivity contribution in [2.75, 3.05) is 6.54 Å². The molecule has 3 nitrogen and oxygen atoms in total. The molecule has 1 aromatic rings. The fraction of sp³-hybridized carbons (Fsp3) is 0.611. The van der Waals surface area contributed by atoms with Crippen LogP contribution in [-0.2, 0) is 10.2 Å². The number of carbonyl (C=O) groups excluding carboxylic acids is 1. The van der Waals surface area contributed by atoms with Gasteiger partial charge in [-0.15, -0.1) is 0 Å². The maximum Gasteiger partial charge on any atom is 0.230 e. The molecule has 116 valence electrons. The third-order valence-corrected chi connectivity index (χ3v) is 4.76. The predicted octanol–water partition coefficient (Wildman–Crippen LogP) is 2.94. The molecule has 0 radical (unpaired) electrons. The van der Waals surface area contributed by atoms with E-state index in [2.05, 4.69) is 5.32 Å². The number of aliphatic hydroxyl groups excluding tert-OH is 1. The number of benzene rings is 1. The average Bonchev–Trinajstić information content (AvgIpc) is 2.99. The lowest BCUT2D eigenvalue weighted by Gasteiger charge is -2.26. The van der Waals surface area contributed by atoms with E-state index in [-0.39, 0.29) is 5.91 Å². The summed E-state index contributed by atoms with van der Waals surface area (Å²) < 4.78 is 0. The van der Waals surface area contributed by atoms with Gasteiger partial charge in [-0.25, -0.2) is 0 Å². The van der Waals surface area contributed by atoms with Gasteiger partial charge >= 0.3 is 0 Å². The minimum Gasteiger partial charge on any atom is -0.391 e. The van der Waals surface area contributed by atoms with Crippen molar-refractivity contribution in [3.05, 3.63) is 35.4 Å². The first kappa shape index (κ1) is 16.0. The summed E-state index contributed by atoms with van der Waals surface area (Å²) in [5, 5.41) is 13.1.